The van der Waals surface area contributed by atoms with Crippen molar-refractivity contribution in [3.05, 3.63) is 83.7 Å². The summed E-state index contributed by atoms with van der Waals surface area (Å²) in [5.74, 6) is 1.32. The predicted octanol–water partition coefficient (Wildman–Crippen LogP) is 3.80. The number of hydrogen-bond acceptors (Lipinski definition) is 6. The monoisotopic (exact) mass is 496 g/mol. The van der Waals surface area contributed by atoms with Gasteiger partial charge in [0.1, 0.15) is 17.8 Å². The van der Waals surface area contributed by atoms with Crippen molar-refractivity contribution in [3.8, 4) is 0 Å². The van der Waals surface area contributed by atoms with Gasteiger partial charge in [0.15, 0.2) is 5.78 Å². The van der Waals surface area contributed by atoms with Crippen LogP contribution in [0.1, 0.15) is 47.2 Å². The van der Waals surface area contributed by atoms with Crippen LogP contribution in [0, 0.1) is 0 Å². The first-order valence-electron chi connectivity index (χ1n) is 12.7. The lowest BCUT2D eigenvalue weighted by atomic mass is 9.94. The fraction of sp³-hybridized carbons (Fsp3) is 0.345. The lowest BCUT2D eigenvalue weighted by Gasteiger charge is -2.35. The smallest absolute Gasteiger partial charge is 0.219 e. The van der Waals surface area contributed by atoms with E-state index in [0.717, 1.165) is 60.4 Å². The van der Waals surface area contributed by atoms with Gasteiger partial charge in [-0.15, -0.1) is 10.2 Å². The highest BCUT2D eigenvalue weighted by atomic mass is 16.2. The molecule has 1 atom stereocenters. The van der Waals surface area contributed by atoms with E-state index in [1.807, 2.05) is 40.8 Å². The van der Waals surface area contributed by atoms with Gasteiger partial charge in [0.2, 0.25) is 5.91 Å². The number of nitrogens with zero attached hydrogens (tertiary/aromatic N) is 6. The molecule has 2 aromatic carbocycles. The quantitative estimate of drug-likeness (QED) is 0.362. The van der Waals surface area contributed by atoms with Crippen molar-refractivity contribution in [2.45, 2.75) is 32.6 Å². The van der Waals surface area contributed by atoms with Crippen LogP contribution >= 0.6 is 0 Å². The summed E-state index contributed by atoms with van der Waals surface area (Å²) in [4.78, 5) is 33.5. The van der Waals surface area contributed by atoms with Gasteiger partial charge >= 0.3 is 0 Å². The molecule has 5 rings (SSSR count). The zero-order chi connectivity index (χ0) is 25.9. The van der Waals surface area contributed by atoms with Crippen LogP contribution in [0.3, 0.4) is 0 Å². The van der Waals surface area contributed by atoms with Gasteiger partial charge in [-0.25, -0.2) is 0 Å². The van der Waals surface area contributed by atoms with Crippen LogP contribution in [0.2, 0.25) is 0 Å². The van der Waals surface area contributed by atoms with Gasteiger partial charge in [0, 0.05) is 70.3 Å². The number of anilines is 1. The van der Waals surface area contributed by atoms with E-state index < -0.39 is 0 Å². The van der Waals surface area contributed by atoms with Crippen molar-refractivity contribution in [3.63, 3.8) is 0 Å². The Morgan fingerprint density at radius 1 is 1.00 bits per heavy atom. The molecule has 8 heteroatoms. The number of ketones is 1. The number of aryl methyl sites for hydroxylation is 1. The van der Waals surface area contributed by atoms with Crippen LogP contribution < -0.4 is 4.90 Å². The number of aromatic nitrogens is 4. The maximum Gasteiger partial charge on any atom is 0.219 e. The molecule has 1 amide bonds. The summed E-state index contributed by atoms with van der Waals surface area (Å²) in [6, 6.07) is 16.4. The van der Waals surface area contributed by atoms with Crippen molar-refractivity contribution >= 4 is 28.2 Å². The molecule has 3 heterocycles. The summed E-state index contributed by atoms with van der Waals surface area (Å²) < 4.78 is 1.94. The molecule has 0 saturated carbocycles. The molecule has 0 bridgehead atoms. The van der Waals surface area contributed by atoms with Gasteiger partial charge in [-0.05, 0) is 40.6 Å². The Hall–Kier alpha value is -4.07. The second-order valence-corrected chi connectivity index (χ2v) is 9.90. The standard InChI is InChI=1S/C29H32N6O2/c1-20(13-29-32-31-19-33(29)3)23-6-4-5-22(14-23)15-28(37)27-17-25-16-26(8-7-24(25)18-30-27)35-11-9-34(10-12-35)21(2)36/h4-8,14,16-20H,9-13,15H2,1-3H3/t20-/m1/s1. The van der Waals surface area contributed by atoms with Crippen molar-refractivity contribution in [1.29, 1.82) is 0 Å². The first-order valence-corrected chi connectivity index (χ1v) is 12.7. The van der Waals surface area contributed by atoms with E-state index in [2.05, 4.69) is 51.3 Å². The Labute approximate surface area is 216 Å². The summed E-state index contributed by atoms with van der Waals surface area (Å²) in [5, 5.41) is 10.2. The van der Waals surface area contributed by atoms with E-state index in [1.54, 1.807) is 19.4 Å². The summed E-state index contributed by atoms with van der Waals surface area (Å²) in [5.41, 5.74) is 3.73. The third kappa shape index (κ3) is 5.53. The molecular formula is C29H32N6O2. The Balaban J connectivity index is 1.29. The summed E-state index contributed by atoms with van der Waals surface area (Å²) in [6.45, 7) is 6.83. The molecule has 0 radical (unpaired) electrons. The molecule has 0 N–H and O–H groups in total. The first-order chi connectivity index (χ1) is 17.9. The number of piperazine rings is 1. The Kier molecular flexibility index (Phi) is 6.99. The number of rotatable bonds is 7. The molecule has 190 valence electrons. The van der Waals surface area contributed by atoms with Gasteiger partial charge in [0.25, 0.3) is 0 Å². The molecule has 0 aliphatic carbocycles. The zero-order valence-corrected chi connectivity index (χ0v) is 21.6. The van der Waals surface area contributed by atoms with Crippen molar-refractivity contribution in [2.75, 3.05) is 31.1 Å². The average Bonchev–Trinajstić information content (AvgIpc) is 3.32. The summed E-state index contributed by atoms with van der Waals surface area (Å²) in [6.07, 6.45) is 4.58. The minimum Gasteiger partial charge on any atom is -0.368 e. The largest absolute Gasteiger partial charge is 0.368 e. The van der Waals surface area contributed by atoms with Crippen molar-refractivity contribution in [2.24, 2.45) is 7.05 Å². The number of benzene rings is 2. The number of carbonyl (C=O) groups excluding carboxylic acids is 2. The van der Waals surface area contributed by atoms with Crippen LogP contribution in [0.15, 0.2) is 61.1 Å². The normalized spacial score (nSPS) is 14.7. The van der Waals surface area contributed by atoms with E-state index >= 15 is 0 Å². The highest BCUT2D eigenvalue weighted by molar-refractivity contribution is 5.99. The third-order valence-corrected chi connectivity index (χ3v) is 7.26. The molecular weight excluding hydrogens is 464 g/mol. The average molecular weight is 497 g/mol. The molecule has 0 unspecified atom stereocenters. The minimum absolute atomic E-state index is 0.000444. The van der Waals surface area contributed by atoms with Gasteiger partial charge in [-0.1, -0.05) is 37.3 Å². The zero-order valence-electron chi connectivity index (χ0n) is 21.6. The fourth-order valence-corrected chi connectivity index (χ4v) is 4.93. The van der Waals surface area contributed by atoms with Crippen LogP contribution in [-0.2, 0) is 24.7 Å². The summed E-state index contributed by atoms with van der Waals surface area (Å²) in [7, 11) is 1.95. The van der Waals surface area contributed by atoms with Crippen molar-refractivity contribution in [1.82, 2.24) is 24.6 Å². The van der Waals surface area contributed by atoms with Gasteiger partial charge < -0.3 is 14.4 Å². The molecule has 4 aromatic rings. The molecule has 0 spiro atoms. The highest BCUT2D eigenvalue weighted by Crippen LogP contribution is 2.25. The van der Waals surface area contributed by atoms with E-state index in [9.17, 15) is 9.59 Å². The topological polar surface area (TPSA) is 84.2 Å². The predicted molar refractivity (Wildman–Crippen MR) is 144 cm³/mol. The number of fused-ring (bicyclic) bond motifs is 1. The maximum atomic E-state index is 13.2. The molecule has 1 saturated heterocycles. The highest BCUT2D eigenvalue weighted by Gasteiger charge is 2.19. The lowest BCUT2D eigenvalue weighted by Crippen LogP contribution is -2.48. The van der Waals surface area contributed by atoms with Crippen molar-refractivity contribution < 1.29 is 9.59 Å². The molecule has 37 heavy (non-hydrogen) atoms. The van der Waals surface area contributed by atoms with E-state index in [-0.39, 0.29) is 17.6 Å². The van der Waals surface area contributed by atoms with Gasteiger partial charge in [-0.2, -0.15) is 0 Å². The molecule has 8 nitrogen and oxygen atoms in total. The van der Waals surface area contributed by atoms with Crippen LogP contribution in [-0.4, -0.2) is 62.5 Å². The Morgan fingerprint density at radius 3 is 2.54 bits per heavy atom. The Bertz CT molecular complexity index is 1440. The minimum atomic E-state index is 0.000444. The first kappa shape index (κ1) is 24.6. The molecule has 2 aromatic heterocycles. The van der Waals surface area contributed by atoms with E-state index in [0.29, 0.717) is 12.1 Å². The fourth-order valence-electron chi connectivity index (χ4n) is 4.93. The lowest BCUT2D eigenvalue weighted by molar-refractivity contribution is -0.129. The van der Waals surface area contributed by atoms with E-state index in [4.69, 9.17) is 0 Å². The second-order valence-electron chi connectivity index (χ2n) is 9.90. The molecule has 1 fully saturated rings. The van der Waals surface area contributed by atoms with Gasteiger partial charge in [0.05, 0.1) is 0 Å². The van der Waals surface area contributed by atoms with Crippen LogP contribution in [0.5, 0.6) is 0 Å². The van der Waals surface area contributed by atoms with Crippen LogP contribution in [0.25, 0.3) is 10.8 Å². The molecule has 1 aliphatic rings. The number of Topliss-reactive ketones (excluding diaryl/α,β-unsaturated/α-hetero) is 1. The number of hydrogen-bond donors (Lipinski definition) is 0. The number of amides is 1. The number of pyridine rings is 1. The Morgan fingerprint density at radius 2 is 1.81 bits per heavy atom. The number of carbonyl (C=O) groups is 2. The summed E-state index contributed by atoms with van der Waals surface area (Å²) >= 11 is 0. The van der Waals surface area contributed by atoms with E-state index in [1.165, 1.54) is 5.56 Å². The SMILES string of the molecule is CC(=O)N1CCN(c2ccc3cnc(C(=O)Cc4cccc([C@H](C)Cc5nncn5C)c4)cc3c2)CC1. The maximum absolute atomic E-state index is 13.2. The third-order valence-electron chi connectivity index (χ3n) is 7.26. The van der Waals surface area contributed by atoms with Gasteiger partial charge in [-0.3, -0.25) is 14.6 Å². The van der Waals surface area contributed by atoms with Crippen LogP contribution in [0.4, 0.5) is 5.69 Å². The second kappa shape index (κ2) is 10.5. The molecule has 1 aliphatic heterocycles.